The molecule has 2 heterocycles. The van der Waals surface area contributed by atoms with Gasteiger partial charge in [-0.2, -0.15) is 4.68 Å². The number of hydrogen-bond donors (Lipinski definition) is 4. The zero-order valence-electron chi connectivity index (χ0n) is 29.3. The van der Waals surface area contributed by atoms with Gasteiger partial charge in [0, 0.05) is 37.1 Å². The molecular weight excluding hydrogens is 693 g/mol. The number of amides is 2. The second-order valence-corrected chi connectivity index (χ2v) is 13.9. The number of benzene rings is 4. The monoisotopic (exact) mass is 736 g/mol. The van der Waals surface area contributed by atoms with Gasteiger partial charge in [0.25, 0.3) is 0 Å². The van der Waals surface area contributed by atoms with Crippen LogP contribution in [0.15, 0.2) is 108 Å². The van der Waals surface area contributed by atoms with E-state index in [2.05, 4.69) is 39.0 Å². The van der Waals surface area contributed by atoms with Crippen molar-refractivity contribution in [3.8, 4) is 16.8 Å². The van der Waals surface area contributed by atoms with Gasteiger partial charge in [-0.3, -0.25) is 14.8 Å². The average molecular weight is 737 g/mol. The van der Waals surface area contributed by atoms with Crippen molar-refractivity contribution >= 4 is 23.6 Å². The highest BCUT2D eigenvalue weighted by Gasteiger charge is 2.33. The number of unbranched alkanes of at least 4 members (excludes halogenated alkanes) is 3. The minimum Gasteiger partial charge on any atom is -0.392 e. The molecule has 5 aromatic rings. The van der Waals surface area contributed by atoms with E-state index < -0.39 is 6.29 Å². The fourth-order valence-corrected chi connectivity index (χ4v) is 7.09. The minimum absolute atomic E-state index is 0.0121. The summed E-state index contributed by atoms with van der Waals surface area (Å²) in [5.74, 6) is 0.207. The largest absolute Gasteiger partial charge is 0.392 e. The fraction of sp³-hybridized carbons (Fsp3) is 0.325. The second-order valence-electron chi connectivity index (χ2n) is 12.9. The van der Waals surface area contributed by atoms with Gasteiger partial charge in [0.1, 0.15) is 0 Å². The molecule has 53 heavy (non-hydrogen) atoms. The number of aliphatic hydroxyl groups is 1. The van der Waals surface area contributed by atoms with E-state index in [1.807, 2.05) is 84.9 Å². The molecule has 0 radical (unpaired) electrons. The summed E-state index contributed by atoms with van der Waals surface area (Å²) in [6.07, 6.45) is 3.39. The number of nitrogens with one attached hydrogen (secondary N) is 2. The van der Waals surface area contributed by atoms with Crippen LogP contribution in [0.1, 0.15) is 79.6 Å². The number of rotatable bonds is 17. The van der Waals surface area contributed by atoms with Crippen LogP contribution in [-0.2, 0) is 32.2 Å². The molecule has 1 aromatic heterocycles. The summed E-state index contributed by atoms with van der Waals surface area (Å²) in [6.45, 7) is 0.394. The molecule has 0 aliphatic carbocycles. The molecule has 4 aromatic carbocycles. The number of thioether (sulfide) groups is 1. The maximum atomic E-state index is 12.5. The van der Waals surface area contributed by atoms with Crippen LogP contribution < -0.4 is 10.8 Å². The third kappa shape index (κ3) is 10.8. The lowest BCUT2D eigenvalue weighted by Crippen LogP contribution is -2.31. The lowest BCUT2D eigenvalue weighted by Gasteiger charge is -2.36. The van der Waals surface area contributed by atoms with Gasteiger partial charge >= 0.3 is 0 Å². The van der Waals surface area contributed by atoms with E-state index in [1.54, 1.807) is 10.2 Å². The Balaban J connectivity index is 1.11. The summed E-state index contributed by atoms with van der Waals surface area (Å²) < 4.78 is 15.0. The van der Waals surface area contributed by atoms with Gasteiger partial charge < -0.3 is 19.9 Å². The third-order valence-corrected chi connectivity index (χ3v) is 10.1. The van der Waals surface area contributed by atoms with E-state index in [4.69, 9.17) is 14.7 Å². The zero-order chi connectivity index (χ0) is 36.8. The predicted octanol–water partition coefficient (Wildman–Crippen LogP) is 6.62. The predicted molar refractivity (Wildman–Crippen MR) is 200 cm³/mol. The summed E-state index contributed by atoms with van der Waals surface area (Å²) in [7, 11) is 0. The highest BCUT2D eigenvalue weighted by molar-refractivity contribution is 7.99. The molecule has 1 aliphatic rings. The number of aliphatic hydroxyl groups excluding tert-OH is 1. The van der Waals surface area contributed by atoms with Crippen molar-refractivity contribution in [1.29, 1.82) is 0 Å². The first-order valence-corrected chi connectivity index (χ1v) is 18.8. The molecule has 0 unspecified atom stereocenters. The van der Waals surface area contributed by atoms with Gasteiger partial charge in [0.05, 0.1) is 24.5 Å². The minimum atomic E-state index is -0.628. The summed E-state index contributed by atoms with van der Waals surface area (Å²) in [6, 6.07) is 33.9. The molecule has 2 amide bonds. The maximum Gasteiger partial charge on any atom is 0.243 e. The third-order valence-electron chi connectivity index (χ3n) is 9.05. The molecule has 0 saturated carbocycles. The maximum absolute atomic E-state index is 12.5. The van der Waals surface area contributed by atoms with Crippen molar-refractivity contribution < 1.29 is 29.4 Å². The Hall–Kier alpha value is -4.92. The van der Waals surface area contributed by atoms with Crippen molar-refractivity contribution in [1.82, 2.24) is 31.0 Å². The Bertz CT molecular complexity index is 1920. The Morgan fingerprint density at radius 1 is 0.792 bits per heavy atom. The van der Waals surface area contributed by atoms with Crippen molar-refractivity contribution in [2.45, 2.75) is 81.8 Å². The molecule has 276 valence electrons. The molecule has 6 rings (SSSR count). The van der Waals surface area contributed by atoms with Gasteiger partial charge in [-0.1, -0.05) is 103 Å². The first-order valence-electron chi connectivity index (χ1n) is 17.8. The summed E-state index contributed by atoms with van der Waals surface area (Å²) in [5, 5.41) is 34.2. The van der Waals surface area contributed by atoms with Gasteiger partial charge in [-0.05, 0) is 75.4 Å². The molecule has 0 bridgehead atoms. The van der Waals surface area contributed by atoms with E-state index in [-0.39, 0.29) is 37.0 Å². The number of aromatic nitrogens is 4. The quantitative estimate of drug-likeness (QED) is 0.0354. The van der Waals surface area contributed by atoms with Crippen LogP contribution in [0.2, 0.25) is 0 Å². The number of tetrazole rings is 1. The molecule has 1 saturated heterocycles. The van der Waals surface area contributed by atoms with Crippen molar-refractivity contribution in [3.63, 3.8) is 0 Å². The van der Waals surface area contributed by atoms with Gasteiger partial charge in [-0.25, -0.2) is 5.48 Å². The highest BCUT2D eigenvalue weighted by Crippen LogP contribution is 2.40. The van der Waals surface area contributed by atoms with Crippen LogP contribution in [0.25, 0.3) is 16.8 Å². The second kappa shape index (κ2) is 19.2. The molecule has 3 atom stereocenters. The molecule has 13 heteroatoms. The normalized spacial score (nSPS) is 17.0. The highest BCUT2D eigenvalue weighted by atomic mass is 32.2. The Morgan fingerprint density at radius 2 is 1.53 bits per heavy atom. The number of carbonyl (C=O) groups is 2. The molecule has 0 spiro atoms. The Labute approximate surface area is 312 Å². The number of para-hydroxylation sites is 1. The van der Waals surface area contributed by atoms with Gasteiger partial charge in [-0.15, -0.1) is 5.10 Å². The number of hydroxylamine groups is 1. The van der Waals surface area contributed by atoms with Crippen LogP contribution in [0.5, 0.6) is 0 Å². The zero-order valence-corrected chi connectivity index (χ0v) is 30.2. The van der Waals surface area contributed by atoms with Crippen LogP contribution in [-0.4, -0.2) is 54.2 Å². The van der Waals surface area contributed by atoms with Crippen LogP contribution >= 0.6 is 11.8 Å². The molecular formula is C40H44N6O6S. The fourth-order valence-electron chi connectivity index (χ4n) is 6.19. The van der Waals surface area contributed by atoms with Crippen molar-refractivity contribution in [2.75, 3.05) is 5.75 Å². The molecule has 1 aliphatic heterocycles. The smallest absolute Gasteiger partial charge is 0.243 e. The SMILES string of the molecule is O=C(CCCCCCC(=O)NCc1cccc(-c2cccc([C@H]3O[C@@H](CSc4nnnn4-c4ccccc4)C[C@@H](c4ccc(CO)cc4)O3)c2)c1)NO. The van der Waals surface area contributed by atoms with Crippen LogP contribution in [0, 0.1) is 0 Å². The number of ether oxygens (including phenoxy) is 2. The first kappa shape index (κ1) is 37.8. The van der Waals surface area contributed by atoms with Crippen LogP contribution in [0.4, 0.5) is 0 Å². The lowest BCUT2D eigenvalue weighted by molar-refractivity contribution is -0.245. The van der Waals surface area contributed by atoms with Crippen LogP contribution in [0.3, 0.4) is 0 Å². The number of carbonyl (C=O) groups excluding carboxylic acids is 2. The lowest BCUT2D eigenvalue weighted by atomic mass is 9.99. The molecule has 1 fully saturated rings. The topological polar surface area (TPSA) is 161 Å². The van der Waals surface area contributed by atoms with Crippen molar-refractivity contribution in [3.05, 3.63) is 125 Å². The summed E-state index contributed by atoms with van der Waals surface area (Å²) in [4.78, 5) is 23.6. The summed E-state index contributed by atoms with van der Waals surface area (Å²) in [5.41, 5.74) is 8.26. The standard InChI is InChI=1S/C40H44N6O6S/c47-26-28-18-20-30(21-19-28)36-24-35(27-53-40-42-44-45-46(40)34-14-4-3-5-15-34)51-39(52-36)33-13-9-12-32(23-33)31-11-8-10-29(22-31)25-41-37(48)16-6-1-2-7-17-38(49)43-50/h3-5,8-15,18-23,35-36,39,47,50H,1-2,6-7,16-17,24-27H2,(H,41,48)(H,43,49)/t35-,36+,39+/m1/s1. The van der Waals surface area contributed by atoms with Gasteiger partial charge in [0.15, 0.2) is 6.29 Å². The van der Waals surface area contributed by atoms with E-state index in [9.17, 15) is 14.7 Å². The van der Waals surface area contributed by atoms with E-state index in [1.165, 1.54) is 11.8 Å². The number of hydrogen-bond acceptors (Lipinski definition) is 10. The first-order chi connectivity index (χ1) is 26.0. The van der Waals surface area contributed by atoms with Crippen molar-refractivity contribution in [2.24, 2.45) is 0 Å². The van der Waals surface area contributed by atoms with Gasteiger partial charge in [0.2, 0.25) is 17.0 Å². The van der Waals surface area contributed by atoms with E-state index in [0.29, 0.717) is 36.7 Å². The summed E-state index contributed by atoms with van der Waals surface area (Å²) >= 11 is 1.54. The molecule has 4 N–H and O–H groups in total. The Kier molecular flexibility index (Phi) is 13.7. The Morgan fingerprint density at radius 3 is 2.28 bits per heavy atom. The molecule has 12 nitrogen and oxygen atoms in total. The van der Waals surface area contributed by atoms with E-state index in [0.717, 1.165) is 58.3 Å². The number of nitrogens with zero attached hydrogens (tertiary/aromatic N) is 4. The van der Waals surface area contributed by atoms with E-state index >= 15 is 0 Å². The average Bonchev–Trinajstić information content (AvgIpc) is 3.69.